The number of non-ortho nitro benzene ring substituents is 1. The van der Waals surface area contributed by atoms with Gasteiger partial charge >= 0.3 is 5.97 Å². The first-order chi connectivity index (χ1) is 19.8. The summed E-state index contributed by atoms with van der Waals surface area (Å²) in [6.07, 6.45) is 4.01. The molecule has 0 unspecified atom stereocenters. The third-order valence-electron chi connectivity index (χ3n) is 5.68. The third-order valence-corrected chi connectivity index (χ3v) is 5.68. The number of nitro benzene ring substituents is 1. The van der Waals surface area contributed by atoms with E-state index in [1.807, 2.05) is 13.0 Å². The Labute approximate surface area is 235 Å². The molecular weight excluding hydrogens is 524 g/mol. The number of para-hydroxylation sites is 1. The second-order valence-electron chi connectivity index (χ2n) is 8.74. The SMILES string of the molecule is Cc1cccc(C(=O)Nc2cccc(C(=O)NN=Cc3ccccc3OC(=O)/C=C/c3ccc([N+](=O)[O-])cc3)c2)c1. The molecule has 0 saturated heterocycles. The van der Waals surface area contributed by atoms with E-state index in [9.17, 15) is 24.5 Å². The van der Waals surface area contributed by atoms with E-state index in [4.69, 9.17) is 4.74 Å². The Hall–Kier alpha value is -5.90. The van der Waals surface area contributed by atoms with E-state index in [2.05, 4.69) is 15.8 Å². The van der Waals surface area contributed by atoms with E-state index in [1.165, 1.54) is 48.7 Å². The third kappa shape index (κ3) is 8.04. The average Bonchev–Trinajstić information content (AvgIpc) is 2.97. The number of aryl methyl sites for hydroxylation is 1. The van der Waals surface area contributed by atoms with E-state index in [1.54, 1.807) is 60.7 Å². The van der Waals surface area contributed by atoms with Gasteiger partial charge in [-0.3, -0.25) is 19.7 Å². The summed E-state index contributed by atoms with van der Waals surface area (Å²) in [7, 11) is 0. The number of ether oxygens (including phenoxy) is 1. The van der Waals surface area contributed by atoms with Gasteiger partial charge in [0, 0.05) is 40.6 Å². The fourth-order valence-electron chi connectivity index (χ4n) is 3.65. The molecule has 4 aromatic carbocycles. The van der Waals surface area contributed by atoms with Gasteiger partial charge in [0.1, 0.15) is 5.75 Å². The zero-order valence-electron chi connectivity index (χ0n) is 21.8. The smallest absolute Gasteiger partial charge is 0.336 e. The number of benzene rings is 4. The number of rotatable bonds is 9. The number of nitrogens with one attached hydrogen (secondary N) is 2. The zero-order valence-corrected chi connectivity index (χ0v) is 21.8. The molecule has 0 spiro atoms. The number of carbonyl (C=O) groups excluding carboxylic acids is 3. The van der Waals surface area contributed by atoms with Crippen LogP contribution in [0.4, 0.5) is 11.4 Å². The average molecular weight is 549 g/mol. The van der Waals surface area contributed by atoms with Crippen molar-refractivity contribution in [3.63, 3.8) is 0 Å². The number of hydrazone groups is 1. The molecular formula is C31H24N4O6. The van der Waals surface area contributed by atoms with Crippen LogP contribution in [0.25, 0.3) is 6.08 Å². The second-order valence-corrected chi connectivity index (χ2v) is 8.74. The first-order valence-electron chi connectivity index (χ1n) is 12.3. The van der Waals surface area contributed by atoms with E-state index in [-0.39, 0.29) is 22.9 Å². The van der Waals surface area contributed by atoms with Gasteiger partial charge in [0.25, 0.3) is 17.5 Å². The second kappa shape index (κ2) is 13.3. The molecule has 10 nitrogen and oxygen atoms in total. The lowest BCUT2D eigenvalue weighted by atomic mass is 10.1. The molecule has 10 heteroatoms. The molecule has 0 aliphatic heterocycles. The Morgan fingerprint density at radius 1 is 0.854 bits per heavy atom. The Kier molecular flexibility index (Phi) is 9.09. The minimum atomic E-state index is -0.669. The molecule has 2 amide bonds. The van der Waals surface area contributed by atoms with Gasteiger partial charge in [0.05, 0.1) is 11.1 Å². The van der Waals surface area contributed by atoms with Crippen LogP contribution in [-0.2, 0) is 4.79 Å². The van der Waals surface area contributed by atoms with Crippen LogP contribution in [0.3, 0.4) is 0 Å². The molecule has 41 heavy (non-hydrogen) atoms. The monoisotopic (exact) mass is 548 g/mol. The highest BCUT2D eigenvalue weighted by molar-refractivity contribution is 6.05. The lowest BCUT2D eigenvalue weighted by Gasteiger charge is -2.08. The van der Waals surface area contributed by atoms with Crippen LogP contribution in [0, 0.1) is 17.0 Å². The number of carbonyl (C=O) groups is 3. The van der Waals surface area contributed by atoms with Gasteiger partial charge in [-0.05, 0) is 73.2 Å². The first-order valence-corrected chi connectivity index (χ1v) is 12.3. The maximum absolute atomic E-state index is 12.7. The Morgan fingerprint density at radius 3 is 2.29 bits per heavy atom. The first kappa shape index (κ1) is 28.1. The summed E-state index contributed by atoms with van der Waals surface area (Å²) in [5.74, 6) is -1.26. The van der Waals surface area contributed by atoms with Gasteiger partial charge in [0.2, 0.25) is 0 Å². The van der Waals surface area contributed by atoms with Crippen LogP contribution in [0.15, 0.2) is 108 Å². The zero-order chi connectivity index (χ0) is 29.2. The Balaban J connectivity index is 1.36. The molecule has 2 N–H and O–H groups in total. The van der Waals surface area contributed by atoms with Gasteiger partial charge in [-0.2, -0.15) is 5.10 Å². The fourth-order valence-corrected chi connectivity index (χ4v) is 3.65. The number of hydrogen-bond acceptors (Lipinski definition) is 7. The summed E-state index contributed by atoms with van der Waals surface area (Å²) in [5, 5.41) is 17.5. The van der Waals surface area contributed by atoms with Crippen molar-refractivity contribution in [2.75, 3.05) is 5.32 Å². The van der Waals surface area contributed by atoms with E-state index < -0.39 is 16.8 Å². The molecule has 4 rings (SSSR count). The standard InChI is InChI=1S/C31H24N4O6/c1-21-6-4-8-23(18-21)30(37)33-26-10-5-9-24(19-26)31(38)34-32-20-25-7-2-3-11-28(25)41-29(36)17-14-22-12-15-27(16-13-22)35(39)40/h2-20H,1H3,(H,33,37)(H,34,38)/b17-14+,32-20?. The quantitative estimate of drug-likeness (QED) is 0.0703. The van der Waals surface area contributed by atoms with Gasteiger partial charge in [0.15, 0.2) is 0 Å². The van der Waals surface area contributed by atoms with Crippen LogP contribution in [0.1, 0.15) is 37.4 Å². The molecule has 0 aliphatic carbocycles. The molecule has 0 aliphatic rings. The maximum Gasteiger partial charge on any atom is 0.336 e. The van der Waals surface area contributed by atoms with E-state index >= 15 is 0 Å². The Morgan fingerprint density at radius 2 is 1.56 bits per heavy atom. The number of hydrogen-bond donors (Lipinski definition) is 2. The predicted molar refractivity (Wildman–Crippen MR) is 155 cm³/mol. The van der Waals surface area contributed by atoms with Crippen molar-refractivity contribution in [3.8, 4) is 5.75 Å². The van der Waals surface area contributed by atoms with Crippen LogP contribution in [0.2, 0.25) is 0 Å². The predicted octanol–water partition coefficient (Wildman–Crippen LogP) is 5.54. The molecule has 204 valence electrons. The van der Waals surface area contributed by atoms with Gasteiger partial charge in [-0.25, -0.2) is 10.2 Å². The summed E-state index contributed by atoms with van der Waals surface area (Å²) < 4.78 is 5.39. The summed E-state index contributed by atoms with van der Waals surface area (Å²) >= 11 is 0. The maximum atomic E-state index is 12.7. The normalized spacial score (nSPS) is 10.9. The largest absolute Gasteiger partial charge is 0.423 e. The molecule has 0 saturated carbocycles. The molecule has 0 radical (unpaired) electrons. The summed E-state index contributed by atoms with van der Waals surface area (Å²) in [6, 6.07) is 25.9. The summed E-state index contributed by atoms with van der Waals surface area (Å²) in [4.78, 5) is 47.8. The van der Waals surface area contributed by atoms with Crippen molar-refractivity contribution in [3.05, 3.63) is 141 Å². The van der Waals surface area contributed by atoms with Crippen LogP contribution in [0.5, 0.6) is 5.75 Å². The summed E-state index contributed by atoms with van der Waals surface area (Å²) in [5.41, 5.74) is 5.58. The summed E-state index contributed by atoms with van der Waals surface area (Å²) in [6.45, 7) is 1.90. The van der Waals surface area contributed by atoms with Gasteiger partial charge in [-0.1, -0.05) is 35.9 Å². The van der Waals surface area contributed by atoms with Crippen LogP contribution < -0.4 is 15.5 Å². The number of nitrogens with zero attached hydrogens (tertiary/aromatic N) is 2. The van der Waals surface area contributed by atoms with Crippen molar-refractivity contribution < 1.29 is 24.0 Å². The van der Waals surface area contributed by atoms with Crippen molar-refractivity contribution in [1.29, 1.82) is 0 Å². The topological polar surface area (TPSA) is 140 Å². The molecule has 0 fully saturated rings. The lowest BCUT2D eigenvalue weighted by Crippen LogP contribution is -2.18. The minimum absolute atomic E-state index is 0.0531. The van der Waals surface area contributed by atoms with Crippen LogP contribution in [-0.4, -0.2) is 28.9 Å². The molecule has 0 atom stereocenters. The fraction of sp³-hybridized carbons (Fsp3) is 0.0323. The minimum Gasteiger partial charge on any atom is -0.423 e. The van der Waals surface area contributed by atoms with Gasteiger partial charge in [-0.15, -0.1) is 0 Å². The van der Waals surface area contributed by atoms with E-state index in [0.717, 1.165) is 5.56 Å². The highest BCUT2D eigenvalue weighted by atomic mass is 16.6. The van der Waals surface area contributed by atoms with Crippen LogP contribution >= 0.6 is 0 Å². The van der Waals surface area contributed by atoms with Crippen molar-refractivity contribution in [1.82, 2.24) is 5.43 Å². The highest BCUT2D eigenvalue weighted by Crippen LogP contribution is 2.18. The number of anilines is 1. The highest BCUT2D eigenvalue weighted by Gasteiger charge is 2.10. The number of nitro groups is 1. The Bertz CT molecular complexity index is 1660. The van der Waals surface area contributed by atoms with Crippen molar-refractivity contribution in [2.45, 2.75) is 6.92 Å². The van der Waals surface area contributed by atoms with E-state index in [0.29, 0.717) is 22.4 Å². The number of esters is 1. The van der Waals surface area contributed by atoms with Crippen molar-refractivity contribution in [2.24, 2.45) is 5.10 Å². The molecule has 4 aromatic rings. The van der Waals surface area contributed by atoms with Crippen molar-refractivity contribution >= 4 is 41.4 Å². The number of amides is 2. The molecule has 0 bridgehead atoms. The molecule has 0 heterocycles. The lowest BCUT2D eigenvalue weighted by molar-refractivity contribution is -0.384. The molecule has 0 aromatic heterocycles. The van der Waals surface area contributed by atoms with Gasteiger partial charge < -0.3 is 10.1 Å².